The normalized spacial score (nSPS) is 33.3. The van der Waals surface area contributed by atoms with Crippen molar-refractivity contribution < 1.29 is 38.1 Å². The number of rotatable bonds is 7. The molecule has 14 rings (SSSR count). The first kappa shape index (κ1) is 41.2. The van der Waals surface area contributed by atoms with Crippen molar-refractivity contribution in [3.63, 3.8) is 0 Å². The molecule has 15 nitrogen and oxygen atoms in total. The first-order valence-corrected chi connectivity index (χ1v) is 23.9. The fraction of sp³-hybridized carbons (Fsp3) is 0.604. The van der Waals surface area contributed by atoms with Crippen LogP contribution in [-0.2, 0) is 44.5 Å². The Kier molecular flexibility index (Phi) is 9.39. The van der Waals surface area contributed by atoms with Gasteiger partial charge in [-0.15, -0.1) is 11.3 Å². The molecule has 10 aliphatic rings. The fourth-order valence-electron chi connectivity index (χ4n) is 12.1. The van der Waals surface area contributed by atoms with Crippen LogP contribution in [0.1, 0.15) is 87.8 Å². The van der Waals surface area contributed by atoms with Gasteiger partial charge in [-0.1, -0.05) is 19.9 Å². The number of esters is 1. The van der Waals surface area contributed by atoms with Gasteiger partial charge in [0.05, 0.1) is 74.4 Å². The van der Waals surface area contributed by atoms with Crippen LogP contribution in [0.5, 0.6) is 0 Å². The Morgan fingerprint density at radius 1 is 1.06 bits per heavy atom. The molecular weight excluding hydrogens is 835 g/mol. The largest absolute Gasteiger partial charge is 0.464 e. The van der Waals surface area contributed by atoms with Gasteiger partial charge in [-0.2, -0.15) is 0 Å². The molecule has 11 heterocycles. The highest BCUT2D eigenvalue weighted by Crippen LogP contribution is 2.53. The summed E-state index contributed by atoms with van der Waals surface area (Å²) in [6.45, 7) is 12.9. The van der Waals surface area contributed by atoms with Gasteiger partial charge in [0.25, 0.3) is 11.8 Å². The second-order valence-electron chi connectivity index (χ2n) is 21.1. The molecule has 2 saturated carbocycles. The zero-order valence-corrected chi connectivity index (χ0v) is 38.0. The number of pyridine rings is 1. The predicted molar refractivity (Wildman–Crippen MR) is 236 cm³/mol. The molecular formula is C48H57N7O8S. The van der Waals surface area contributed by atoms with Gasteiger partial charge in [0.2, 0.25) is 0 Å². The average molecular weight is 892 g/mol. The summed E-state index contributed by atoms with van der Waals surface area (Å²) in [6.07, 6.45) is 4.56. The third-order valence-corrected chi connectivity index (χ3v) is 16.7. The monoisotopic (exact) mass is 891 g/mol. The second kappa shape index (κ2) is 14.6. The number of aromatic nitrogens is 3. The van der Waals surface area contributed by atoms with Crippen LogP contribution in [0.25, 0.3) is 33.4 Å². The Hall–Kier alpha value is -4.29. The van der Waals surface area contributed by atoms with E-state index in [1.165, 1.54) is 11.3 Å². The summed E-state index contributed by atoms with van der Waals surface area (Å²) in [4.78, 5) is 56.8. The maximum Gasteiger partial charge on any atom is 0.328 e. The van der Waals surface area contributed by atoms with Crippen molar-refractivity contribution in [1.82, 2.24) is 35.2 Å². The summed E-state index contributed by atoms with van der Waals surface area (Å²) < 4.78 is 32.5. The number of amides is 2. The van der Waals surface area contributed by atoms with Crippen LogP contribution in [0.4, 0.5) is 0 Å². The van der Waals surface area contributed by atoms with Crippen LogP contribution in [0.2, 0.25) is 0 Å². The molecule has 2 N–H and O–H groups in total. The standard InChI is InChI=1S/C48H57N7O8S/c1-26-30-14-48(15-30,63-26)43(57)51-38-40(53-21-46(22-53)24-61-25-46)41-50-35(20-64-41)29-8-9-36-33(11-29)34(39(55(36)31-18-60-19-31)32-7-6-10-49-37(32)27(2)59-5)16-45(3,4)23-62-44(58)47-12-28(13-47)17-54(52-47)42(38)56/h6-11,20,26-28,30-31,38,40,52H,12-19,21-25H2,1-5H3,(H,51,57)/t26-,27-,28?,30?,38-,40-,47?,48?/m0/s1. The molecule has 2 aliphatic carbocycles. The maximum atomic E-state index is 15.3. The van der Waals surface area contributed by atoms with Gasteiger partial charge in [-0.3, -0.25) is 24.5 Å². The minimum Gasteiger partial charge on any atom is -0.464 e. The number of benzene rings is 1. The number of methoxy groups -OCH3 is 1. The number of ether oxygens (including phenoxy) is 5. The fourth-order valence-corrected chi connectivity index (χ4v) is 13.1. The van der Waals surface area contributed by atoms with Crippen molar-refractivity contribution in [3.8, 4) is 22.5 Å². The Bertz CT molecular complexity index is 2560. The van der Waals surface area contributed by atoms with Crippen LogP contribution >= 0.6 is 11.3 Å². The number of cyclic esters (lactones) is 1. The number of likely N-dealkylation sites (tertiary alicyclic amines) is 1. The minimum absolute atomic E-state index is 0.0159. The van der Waals surface area contributed by atoms with Crippen molar-refractivity contribution in [2.75, 3.05) is 59.8 Å². The van der Waals surface area contributed by atoms with Crippen LogP contribution in [0, 0.1) is 22.7 Å². The van der Waals surface area contributed by atoms with Gasteiger partial charge in [-0.05, 0) is 87.6 Å². The lowest BCUT2D eigenvalue weighted by molar-refractivity contribution is -0.204. The van der Waals surface area contributed by atoms with E-state index in [1.54, 1.807) is 12.1 Å². The average Bonchev–Trinajstić information content (AvgIpc) is 3.99. The Labute approximate surface area is 376 Å². The van der Waals surface area contributed by atoms with Gasteiger partial charge >= 0.3 is 5.97 Å². The first-order chi connectivity index (χ1) is 30.8. The number of hydrazine groups is 1. The molecule has 0 radical (unpaired) electrons. The van der Waals surface area contributed by atoms with E-state index in [1.807, 2.05) is 26.1 Å². The smallest absolute Gasteiger partial charge is 0.328 e. The molecule has 3 aromatic heterocycles. The molecule has 0 unspecified atom stereocenters. The highest BCUT2D eigenvalue weighted by atomic mass is 32.1. The number of carbonyl (C=O) groups is 3. The van der Waals surface area contributed by atoms with Crippen molar-refractivity contribution >= 4 is 40.0 Å². The lowest BCUT2D eigenvalue weighted by atomic mass is 9.66. The molecule has 4 aromatic rings. The van der Waals surface area contributed by atoms with E-state index < -0.39 is 28.6 Å². The quantitative estimate of drug-likeness (QED) is 0.236. The van der Waals surface area contributed by atoms with Gasteiger partial charge in [-0.25, -0.2) is 15.2 Å². The molecule has 9 fully saturated rings. The SMILES string of the molecule is CO[C@@H](C)c1ncccc1-c1c2c3cc(ccc3n1C1COC1)-c1csc(n1)[C@@H](N1CC3(COC3)C1)[C@H](NC(=O)C13CC(C1)[C@H](C)O3)C(=O)N1CC3CC(C3)(N1)C(=O)OCC(C)(C)C2. The third kappa shape index (κ3) is 6.29. The van der Waals surface area contributed by atoms with Crippen LogP contribution in [0.15, 0.2) is 41.9 Å². The number of carbonyl (C=O) groups excluding carboxylic acids is 3. The minimum atomic E-state index is -1.05. The molecule has 2 spiro atoms. The van der Waals surface area contributed by atoms with Gasteiger partial charge in [0.1, 0.15) is 22.2 Å². The highest BCUT2D eigenvalue weighted by molar-refractivity contribution is 7.10. The molecule has 7 saturated heterocycles. The summed E-state index contributed by atoms with van der Waals surface area (Å²) >= 11 is 1.51. The van der Waals surface area contributed by atoms with Crippen molar-refractivity contribution in [3.05, 3.63) is 58.2 Å². The molecule has 9 bridgehead atoms. The van der Waals surface area contributed by atoms with E-state index >= 15 is 4.79 Å². The molecule has 64 heavy (non-hydrogen) atoms. The zero-order valence-electron chi connectivity index (χ0n) is 37.2. The molecule has 16 heteroatoms. The number of hydrogen-bond donors (Lipinski definition) is 2. The predicted octanol–water partition coefficient (Wildman–Crippen LogP) is 5.15. The van der Waals surface area contributed by atoms with Gasteiger partial charge in [0, 0.05) is 71.2 Å². The van der Waals surface area contributed by atoms with Gasteiger partial charge < -0.3 is 33.6 Å². The summed E-state index contributed by atoms with van der Waals surface area (Å²) in [6, 6.07) is 9.20. The number of thiazole rings is 1. The third-order valence-electron chi connectivity index (χ3n) is 15.8. The molecule has 4 atom stereocenters. The maximum absolute atomic E-state index is 15.3. The summed E-state index contributed by atoms with van der Waals surface area (Å²) in [7, 11) is 1.71. The number of hydrogen-bond acceptors (Lipinski definition) is 13. The highest BCUT2D eigenvalue weighted by Gasteiger charge is 2.63. The second-order valence-corrected chi connectivity index (χ2v) is 22.0. The van der Waals surface area contributed by atoms with E-state index in [0.717, 1.165) is 49.7 Å². The van der Waals surface area contributed by atoms with Crippen molar-refractivity contribution in [2.24, 2.45) is 22.7 Å². The number of nitrogens with one attached hydrogen (secondary N) is 2. The number of fused-ring (bicyclic) bond motifs is 5. The first-order valence-electron chi connectivity index (χ1n) is 23.0. The zero-order chi connectivity index (χ0) is 43.9. The molecule has 1 aromatic carbocycles. The van der Waals surface area contributed by atoms with Crippen LogP contribution in [-0.4, -0.2) is 125 Å². The van der Waals surface area contributed by atoms with E-state index in [-0.39, 0.29) is 54.0 Å². The molecule has 2 amide bonds. The van der Waals surface area contributed by atoms with E-state index in [2.05, 4.69) is 63.7 Å². The lowest BCUT2D eigenvalue weighted by Crippen LogP contribution is -2.76. The number of nitrogens with zero attached hydrogens (tertiary/aromatic N) is 5. The van der Waals surface area contributed by atoms with Crippen LogP contribution < -0.4 is 10.7 Å². The van der Waals surface area contributed by atoms with E-state index in [0.29, 0.717) is 84.1 Å². The Balaban J connectivity index is 1.02. The Morgan fingerprint density at radius 3 is 2.55 bits per heavy atom. The topological polar surface area (TPSA) is 159 Å². The molecule has 338 valence electrons. The summed E-state index contributed by atoms with van der Waals surface area (Å²) in [5.74, 6) is -0.471. The summed E-state index contributed by atoms with van der Waals surface area (Å²) in [5, 5.41) is 8.77. The Morgan fingerprint density at radius 2 is 1.86 bits per heavy atom. The van der Waals surface area contributed by atoms with Crippen molar-refractivity contribution in [2.45, 2.75) is 101 Å². The summed E-state index contributed by atoms with van der Waals surface area (Å²) in [5.41, 5.74) is 7.77. The molecule has 8 aliphatic heterocycles. The van der Waals surface area contributed by atoms with E-state index in [9.17, 15) is 9.59 Å². The van der Waals surface area contributed by atoms with E-state index in [4.69, 9.17) is 33.7 Å². The van der Waals surface area contributed by atoms with Crippen molar-refractivity contribution in [1.29, 1.82) is 0 Å². The van der Waals surface area contributed by atoms with Gasteiger partial charge in [0.15, 0.2) is 0 Å². The van der Waals surface area contributed by atoms with Crippen LogP contribution in [0.3, 0.4) is 0 Å². The lowest BCUT2D eigenvalue weighted by Gasteiger charge is -2.58.